The second kappa shape index (κ2) is 7.63. The van der Waals surface area contributed by atoms with E-state index < -0.39 is 0 Å². The third-order valence-corrected chi connectivity index (χ3v) is 4.62. The number of amides is 2. The predicted molar refractivity (Wildman–Crippen MR) is 114 cm³/mol. The highest BCUT2D eigenvalue weighted by atomic mass is 16.5. The van der Waals surface area contributed by atoms with E-state index in [1.165, 1.54) is 0 Å². The fourth-order valence-electron chi connectivity index (χ4n) is 3.08. The number of hydrogen-bond acceptors (Lipinski definition) is 4. The molecule has 0 spiro atoms. The summed E-state index contributed by atoms with van der Waals surface area (Å²) in [5.74, 6) is 1.17. The SMILES string of the molecule is COc1ccc(-c2cn3cccnc3n2)cc1NC(=O)Nc1cc(C)ccc1C. The minimum atomic E-state index is -0.342. The minimum absolute atomic E-state index is 0.342. The molecule has 0 aliphatic rings. The van der Waals surface area contributed by atoms with Crippen LogP contribution in [0.3, 0.4) is 0 Å². The van der Waals surface area contributed by atoms with Crippen LogP contribution >= 0.6 is 0 Å². The van der Waals surface area contributed by atoms with Gasteiger partial charge >= 0.3 is 6.03 Å². The second-order valence-electron chi connectivity index (χ2n) is 6.77. The molecule has 2 amide bonds. The largest absolute Gasteiger partial charge is 0.495 e. The number of hydrogen-bond donors (Lipinski definition) is 2. The summed E-state index contributed by atoms with van der Waals surface area (Å²) in [6.07, 6.45) is 5.48. The Morgan fingerprint density at radius 3 is 2.69 bits per heavy atom. The first kappa shape index (κ1) is 18.5. The Balaban J connectivity index is 1.61. The van der Waals surface area contributed by atoms with Gasteiger partial charge in [0.25, 0.3) is 0 Å². The number of nitrogens with zero attached hydrogens (tertiary/aromatic N) is 3. The Bertz CT molecular complexity index is 1170. The fraction of sp³-hybridized carbons (Fsp3) is 0.136. The van der Waals surface area contributed by atoms with Crippen molar-refractivity contribution in [2.75, 3.05) is 17.7 Å². The number of aromatic nitrogens is 3. The van der Waals surface area contributed by atoms with Crippen molar-refractivity contribution in [2.45, 2.75) is 13.8 Å². The second-order valence-corrected chi connectivity index (χ2v) is 6.77. The summed E-state index contributed by atoms with van der Waals surface area (Å²) in [4.78, 5) is 21.4. The summed E-state index contributed by atoms with van der Waals surface area (Å²) in [6, 6.07) is 13.0. The smallest absolute Gasteiger partial charge is 0.323 e. The maximum atomic E-state index is 12.6. The van der Waals surface area contributed by atoms with Crippen LogP contribution in [0.4, 0.5) is 16.2 Å². The number of nitrogens with one attached hydrogen (secondary N) is 2. The molecule has 0 aliphatic carbocycles. The summed E-state index contributed by atoms with van der Waals surface area (Å²) in [5.41, 5.74) is 4.99. The lowest BCUT2D eigenvalue weighted by molar-refractivity contribution is 0.262. The molecule has 7 nitrogen and oxygen atoms in total. The van der Waals surface area contributed by atoms with E-state index in [-0.39, 0.29) is 6.03 Å². The topological polar surface area (TPSA) is 80.6 Å². The monoisotopic (exact) mass is 387 g/mol. The van der Waals surface area contributed by atoms with Crippen molar-refractivity contribution in [1.29, 1.82) is 0 Å². The van der Waals surface area contributed by atoms with Crippen LogP contribution in [0.2, 0.25) is 0 Å². The molecule has 2 aromatic heterocycles. The molecule has 0 bridgehead atoms. The average Bonchev–Trinajstić information content (AvgIpc) is 3.15. The molecule has 0 fully saturated rings. The number of fused-ring (bicyclic) bond motifs is 1. The van der Waals surface area contributed by atoms with E-state index in [9.17, 15) is 4.79 Å². The Labute approximate surface area is 168 Å². The van der Waals surface area contributed by atoms with Crippen LogP contribution < -0.4 is 15.4 Å². The van der Waals surface area contributed by atoms with Crippen LogP contribution in [-0.2, 0) is 0 Å². The van der Waals surface area contributed by atoms with Gasteiger partial charge in [0.2, 0.25) is 5.78 Å². The molecule has 4 rings (SSSR count). The van der Waals surface area contributed by atoms with Crippen molar-refractivity contribution < 1.29 is 9.53 Å². The van der Waals surface area contributed by atoms with E-state index in [0.717, 1.165) is 28.1 Å². The number of methoxy groups -OCH3 is 1. The average molecular weight is 387 g/mol. The van der Waals surface area contributed by atoms with Crippen molar-refractivity contribution in [2.24, 2.45) is 0 Å². The molecular formula is C22H21N5O2. The molecule has 0 atom stereocenters. The number of imidazole rings is 1. The molecule has 2 heterocycles. The van der Waals surface area contributed by atoms with Crippen LogP contribution in [0, 0.1) is 13.8 Å². The van der Waals surface area contributed by atoms with Crippen LogP contribution in [0.1, 0.15) is 11.1 Å². The molecule has 0 saturated heterocycles. The molecule has 0 saturated carbocycles. The first-order valence-electron chi connectivity index (χ1n) is 9.17. The molecular weight excluding hydrogens is 366 g/mol. The van der Waals surface area contributed by atoms with Gasteiger partial charge in [0, 0.05) is 29.8 Å². The highest BCUT2D eigenvalue weighted by molar-refractivity contribution is 6.01. The van der Waals surface area contributed by atoms with Crippen LogP contribution in [0.5, 0.6) is 5.75 Å². The van der Waals surface area contributed by atoms with Crippen molar-refractivity contribution in [3.8, 4) is 17.0 Å². The number of carbonyl (C=O) groups excluding carboxylic acids is 1. The van der Waals surface area contributed by atoms with E-state index in [0.29, 0.717) is 17.2 Å². The lowest BCUT2D eigenvalue weighted by Gasteiger charge is -2.14. The summed E-state index contributed by atoms with van der Waals surface area (Å²) < 4.78 is 7.26. The maximum absolute atomic E-state index is 12.6. The third kappa shape index (κ3) is 3.89. The van der Waals surface area contributed by atoms with Crippen molar-refractivity contribution in [3.63, 3.8) is 0 Å². The van der Waals surface area contributed by atoms with Crippen LogP contribution in [0.15, 0.2) is 61.1 Å². The summed E-state index contributed by atoms with van der Waals surface area (Å²) in [5, 5.41) is 5.77. The summed E-state index contributed by atoms with van der Waals surface area (Å²) >= 11 is 0. The Morgan fingerprint density at radius 2 is 1.90 bits per heavy atom. The standard InChI is InChI=1S/C22H21N5O2/c1-14-5-6-15(2)17(11-14)25-22(28)26-18-12-16(7-8-20(18)29-3)19-13-27-10-4-9-23-21(27)24-19/h4-13H,1-3H3,(H2,25,26,28). The van der Waals surface area contributed by atoms with Gasteiger partial charge in [-0.25, -0.2) is 14.8 Å². The molecule has 146 valence electrons. The number of aryl methyl sites for hydroxylation is 2. The van der Waals surface area contributed by atoms with Crippen molar-refractivity contribution >= 4 is 23.2 Å². The maximum Gasteiger partial charge on any atom is 0.323 e. The molecule has 2 aromatic carbocycles. The zero-order chi connectivity index (χ0) is 20.4. The van der Waals surface area contributed by atoms with E-state index in [1.54, 1.807) is 19.4 Å². The van der Waals surface area contributed by atoms with Crippen molar-refractivity contribution in [3.05, 3.63) is 72.2 Å². The Kier molecular flexibility index (Phi) is 4.87. The van der Waals surface area contributed by atoms with Gasteiger partial charge in [0.15, 0.2) is 0 Å². The summed E-state index contributed by atoms with van der Waals surface area (Å²) in [7, 11) is 1.57. The van der Waals surface area contributed by atoms with Gasteiger partial charge in [0.1, 0.15) is 5.75 Å². The van der Waals surface area contributed by atoms with Crippen LogP contribution in [-0.4, -0.2) is 27.5 Å². The van der Waals surface area contributed by atoms with Gasteiger partial charge in [0.05, 0.1) is 18.5 Å². The molecule has 0 radical (unpaired) electrons. The molecule has 0 aliphatic heterocycles. The predicted octanol–water partition coefficient (Wildman–Crippen LogP) is 4.67. The number of carbonyl (C=O) groups is 1. The number of rotatable bonds is 4. The first-order chi connectivity index (χ1) is 14.0. The molecule has 0 unspecified atom stereocenters. The number of anilines is 2. The van der Waals surface area contributed by atoms with Gasteiger partial charge in [-0.1, -0.05) is 12.1 Å². The fourth-order valence-corrected chi connectivity index (χ4v) is 3.08. The zero-order valence-corrected chi connectivity index (χ0v) is 16.4. The quantitative estimate of drug-likeness (QED) is 0.533. The van der Waals surface area contributed by atoms with Gasteiger partial charge in [-0.3, -0.25) is 4.40 Å². The number of ether oxygens (including phenoxy) is 1. The third-order valence-electron chi connectivity index (χ3n) is 4.62. The summed E-state index contributed by atoms with van der Waals surface area (Å²) in [6.45, 7) is 3.94. The Morgan fingerprint density at radius 1 is 1.07 bits per heavy atom. The lowest BCUT2D eigenvalue weighted by atomic mass is 10.1. The van der Waals surface area contributed by atoms with E-state index >= 15 is 0 Å². The van der Waals surface area contributed by atoms with E-state index in [4.69, 9.17) is 4.74 Å². The molecule has 7 heteroatoms. The molecule has 29 heavy (non-hydrogen) atoms. The number of urea groups is 1. The zero-order valence-electron chi connectivity index (χ0n) is 16.4. The lowest BCUT2D eigenvalue weighted by Crippen LogP contribution is -2.20. The van der Waals surface area contributed by atoms with E-state index in [1.807, 2.05) is 67.0 Å². The van der Waals surface area contributed by atoms with E-state index in [2.05, 4.69) is 20.6 Å². The first-order valence-corrected chi connectivity index (χ1v) is 9.17. The van der Waals surface area contributed by atoms with Gasteiger partial charge in [-0.05, 0) is 55.3 Å². The van der Waals surface area contributed by atoms with Gasteiger partial charge in [-0.15, -0.1) is 0 Å². The van der Waals surface area contributed by atoms with Gasteiger partial charge in [-0.2, -0.15) is 0 Å². The van der Waals surface area contributed by atoms with Gasteiger partial charge < -0.3 is 15.4 Å². The number of benzene rings is 2. The normalized spacial score (nSPS) is 10.7. The highest BCUT2D eigenvalue weighted by Crippen LogP contribution is 2.30. The molecule has 4 aromatic rings. The Hall–Kier alpha value is -3.87. The highest BCUT2D eigenvalue weighted by Gasteiger charge is 2.12. The minimum Gasteiger partial charge on any atom is -0.495 e. The molecule has 2 N–H and O–H groups in total. The van der Waals surface area contributed by atoms with Crippen molar-refractivity contribution in [1.82, 2.24) is 14.4 Å². The van der Waals surface area contributed by atoms with Crippen LogP contribution in [0.25, 0.3) is 17.0 Å².